The van der Waals surface area contributed by atoms with Gasteiger partial charge in [-0.2, -0.15) is 0 Å². The molecule has 27 heavy (non-hydrogen) atoms. The van der Waals surface area contributed by atoms with Crippen LogP contribution in [0, 0.1) is 5.82 Å². The third-order valence-corrected chi connectivity index (χ3v) is 4.93. The number of anilines is 1. The molecule has 2 aromatic heterocycles. The minimum absolute atomic E-state index is 0.164. The van der Waals surface area contributed by atoms with Crippen LogP contribution >= 0.6 is 11.3 Å². The van der Waals surface area contributed by atoms with Crippen LogP contribution in [0.15, 0.2) is 71.3 Å². The van der Waals surface area contributed by atoms with Crippen LogP contribution < -0.4 is 9.64 Å². The van der Waals surface area contributed by atoms with Crippen molar-refractivity contribution in [1.82, 2.24) is 4.98 Å². The lowest BCUT2D eigenvalue weighted by Gasteiger charge is -2.19. The van der Waals surface area contributed by atoms with E-state index in [1.807, 2.05) is 18.2 Å². The van der Waals surface area contributed by atoms with Gasteiger partial charge in [0.25, 0.3) is 5.91 Å². The van der Waals surface area contributed by atoms with Gasteiger partial charge in [-0.1, -0.05) is 35.6 Å². The Hall–Kier alpha value is -3.19. The number of hydrogen-bond donors (Lipinski definition) is 0. The summed E-state index contributed by atoms with van der Waals surface area (Å²) in [5, 5.41) is 0.396. The molecular formula is C20H15FN2O3S. The molecule has 0 aliphatic rings. The van der Waals surface area contributed by atoms with E-state index in [0.717, 1.165) is 0 Å². The molecule has 0 fully saturated rings. The number of thiazole rings is 1. The van der Waals surface area contributed by atoms with E-state index in [4.69, 9.17) is 9.15 Å². The molecule has 7 heteroatoms. The van der Waals surface area contributed by atoms with Crippen LogP contribution in [-0.2, 0) is 11.3 Å². The zero-order valence-electron chi connectivity index (χ0n) is 14.2. The van der Waals surface area contributed by atoms with Crippen molar-refractivity contribution in [3.8, 4) is 5.75 Å². The van der Waals surface area contributed by atoms with Gasteiger partial charge in [-0.3, -0.25) is 9.69 Å². The number of amides is 1. The van der Waals surface area contributed by atoms with Gasteiger partial charge in [-0.25, -0.2) is 9.37 Å². The van der Waals surface area contributed by atoms with E-state index >= 15 is 0 Å². The highest BCUT2D eigenvalue weighted by atomic mass is 32.1. The number of rotatable bonds is 6. The van der Waals surface area contributed by atoms with E-state index in [2.05, 4.69) is 4.98 Å². The van der Waals surface area contributed by atoms with Crippen molar-refractivity contribution in [2.75, 3.05) is 11.5 Å². The summed E-state index contributed by atoms with van der Waals surface area (Å²) in [4.78, 5) is 18.6. The van der Waals surface area contributed by atoms with E-state index < -0.39 is 5.82 Å². The molecule has 136 valence electrons. The van der Waals surface area contributed by atoms with E-state index in [1.165, 1.54) is 28.6 Å². The Morgan fingerprint density at radius 1 is 1.11 bits per heavy atom. The Kier molecular flexibility index (Phi) is 4.84. The van der Waals surface area contributed by atoms with Crippen LogP contribution in [0.1, 0.15) is 5.76 Å². The Balaban J connectivity index is 1.61. The van der Waals surface area contributed by atoms with Gasteiger partial charge in [0.1, 0.15) is 22.8 Å². The molecule has 0 bridgehead atoms. The molecule has 0 saturated carbocycles. The molecule has 4 aromatic rings. The Bertz CT molecular complexity index is 1050. The van der Waals surface area contributed by atoms with Gasteiger partial charge in [-0.05, 0) is 36.4 Å². The second-order valence-electron chi connectivity index (χ2n) is 5.74. The normalized spacial score (nSPS) is 10.9. The molecule has 0 radical (unpaired) electrons. The van der Waals surface area contributed by atoms with Crippen LogP contribution in [0.25, 0.3) is 10.2 Å². The lowest BCUT2D eigenvalue weighted by molar-refractivity contribution is -0.120. The van der Waals surface area contributed by atoms with E-state index in [0.29, 0.717) is 21.3 Å². The number of ether oxygens (including phenoxy) is 1. The Morgan fingerprint density at radius 3 is 2.70 bits per heavy atom. The van der Waals surface area contributed by atoms with Crippen LogP contribution in [-0.4, -0.2) is 17.5 Å². The molecule has 4 rings (SSSR count). The van der Waals surface area contributed by atoms with Crippen molar-refractivity contribution in [3.05, 3.63) is 78.5 Å². The summed E-state index contributed by atoms with van der Waals surface area (Å²) in [6.07, 6.45) is 1.54. The summed E-state index contributed by atoms with van der Waals surface area (Å²) in [5.74, 6) is 0.484. The van der Waals surface area contributed by atoms with Crippen LogP contribution in [0.2, 0.25) is 0 Å². The lowest BCUT2D eigenvalue weighted by Crippen LogP contribution is -2.34. The molecule has 0 unspecified atom stereocenters. The first-order chi connectivity index (χ1) is 13.2. The molecule has 1 amide bonds. The molecule has 0 aliphatic carbocycles. The molecule has 0 spiro atoms. The van der Waals surface area contributed by atoms with Gasteiger partial charge < -0.3 is 9.15 Å². The Morgan fingerprint density at radius 2 is 1.96 bits per heavy atom. The molecule has 0 atom stereocenters. The first kappa shape index (κ1) is 17.2. The van der Waals surface area contributed by atoms with Crippen molar-refractivity contribution in [2.45, 2.75) is 6.54 Å². The van der Waals surface area contributed by atoms with E-state index in [1.54, 1.807) is 36.4 Å². The number of benzene rings is 2. The monoisotopic (exact) mass is 382 g/mol. The lowest BCUT2D eigenvalue weighted by atomic mass is 10.3. The molecular weight excluding hydrogens is 367 g/mol. The van der Waals surface area contributed by atoms with E-state index in [9.17, 15) is 9.18 Å². The van der Waals surface area contributed by atoms with Gasteiger partial charge in [0.15, 0.2) is 11.7 Å². The largest absolute Gasteiger partial charge is 0.484 e. The smallest absolute Gasteiger partial charge is 0.267 e. The predicted molar refractivity (Wildman–Crippen MR) is 101 cm³/mol. The molecule has 2 heterocycles. The second kappa shape index (κ2) is 7.59. The van der Waals surface area contributed by atoms with Crippen LogP contribution in [0.4, 0.5) is 9.52 Å². The number of carbonyl (C=O) groups excluding carboxylic acids is 1. The molecule has 0 N–H and O–H groups in total. The van der Waals surface area contributed by atoms with Crippen molar-refractivity contribution in [3.63, 3.8) is 0 Å². The van der Waals surface area contributed by atoms with Gasteiger partial charge >= 0.3 is 0 Å². The molecule has 0 saturated heterocycles. The number of hydrogen-bond acceptors (Lipinski definition) is 5. The maximum Gasteiger partial charge on any atom is 0.267 e. The number of fused-ring (bicyclic) bond motifs is 1. The molecule has 0 aliphatic heterocycles. The number of halogens is 1. The standard InChI is InChI=1S/C20H15FN2O3S/c21-16-9-4-10-17-19(16)22-20(27-17)23(12-15-8-5-11-25-15)18(24)13-26-14-6-2-1-3-7-14/h1-11H,12-13H2. The fraction of sp³-hybridized carbons (Fsp3) is 0.100. The van der Waals surface area contributed by atoms with Crippen molar-refractivity contribution in [2.24, 2.45) is 0 Å². The zero-order valence-corrected chi connectivity index (χ0v) is 15.0. The predicted octanol–water partition coefficient (Wildman–Crippen LogP) is 4.64. The number of aromatic nitrogens is 1. The highest BCUT2D eigenvalue weighted by Crippen LogP contribution is 2.31. The van der Waals surface area contributed by atoms with E-state index in [-0.39, 0.29) is 24.6 Å². The minimum atomic E-state index is -0.416. The van der Waals surface area contributed by atoms with Gasteiger partial charge in [-0.15, -0.1) is 0 Å². The number of carbonyl (C=O) groups is 1. The highest BCUT2D eigenvalue weighted by Gasteiger charge is 2.22. The van der Waals surface area contributed by atoms with Crippen molar-refractivity contribution in [1.29, 1.82) is 0 Å². The second-order valence-corrected chi connectivity index (χ2v) is 6.75. The average Bonchev–Trinajstić information content (AvgIpc) is 3.35. The fourth-order valence-electron chi connectivity index (χ4n) is 2.58. The summed E-state index contributed by atoms with van der Waals surface area (Å²) in [5.41, 5.74) is 0.249. The molecule has 5 nitrogen and oxygen atoms in total. The van der Waals surface area contributed by atoms with Gasteiger partial charge in [0.05, 0.1) is 17.5 Å². The maximum atomic E-state index is 14.0. The van der Waals surface area contributed by atoms with Gasteiger partial charge in [0.2, 0.25) is 0 Å². The summed E-state index contributed by atoms with van der Waals surface area (Å²) in [6, 6.07) is 17.3. The number of para-hydroxylation sites is 2. The van der Waals surface area contributed by atoms with Gasteiger partial charge in [0, 0.05) is 0 Å². The summed E-state index contributed by atoms with van der Waals surface area (Å²) in [6.45, 7) is 0.0224. The quantitative estimate of drug-likeness (QED) is 0.487. The molecule has 2 aromatic carbocycles. The third kappa shape index (κ3) is 3.83. The fourth-order valence-corrected chi connectivity index (χ4v) is 3.58. The SMILES string of the molecule is O=C(COc1ccccc1)N(Cc1ccco1)c1nc2c(F)cccc2s1. The summed E-state index contributed by atoms with van der Waals surface area (Å²) < 4.78 is 25.6. The van der Waals surface area contributed by atoms with Crippen LogP contribution in [0.3, 0.4) is 0 Å². The Labute approximate surface area is 158 Å². The summed E-state index contributed by atoms with van der Waals surface area (Å²) >= 11 is 1.25. The third-order valence-electron chi connectivity index (χ3n) is 3.89. The van der Waals surface area contributed by atoms with Crippen molar-refractivity contribution < 1.29 is 18.3 Å². The highest BCUT2D eigenvalue weighted by molar-refractivity contribution is 7.22. The number of furan rings is 1. The first-order valence-corrected chi connectivity index (χ1v) is 9.08. The zero-order chi connectivity index (χ0) is 18.6. The van der Waals surface area contributed by atoms with Crippen LogP contribution in [0.5, 0.6) is 5.75 Å². The maximum absolute atomic E-state index is 14.0. The summed E-state index contributed by atoms with van der Waals surface area (Å²) in [7, 11) is 0. The average molecular weight is 382 g/mol. The first-order valence-electron chi connectivity index (χ1n) is 8.26. The minimum Gasteiger partial charge on any atom is -0.484 e. The topological polar surface area (TPSA) is 55.6 Å². The number of nitrogens with zero attached hydrogens (tertiary/aromatic N) is 2. The van der Waals surface area contributed by atoms with Crippen molar-refractivity contribution >= 4 is 32.6 Å².